The Morgan fingerprint density at radius 1 is 1.43 bits per heavy atom. The Morgan fingerprint density at radius 3 is 2.50 bits per heavy atom. The van der Waals surface area contributed by atoms with E-state index in [0.29, 0.717) is 26.3 Å². The molecule has 0 aliphatic carbocycles. The van der Waals surface area contributed by atoms with E-state index in [4.69, 9.17) is 9.84 Å². The van der Waals surface area contributed by atoms with E-state index in [0.717, 1.165) is 0 Å². The van der Waals surface area contributed by atoms with E-state index in [1.165, 1.54) is 0 Å². The molecule has 0 aromatic rings. The fourth-order valence-corrected chi connectivity index (χ4v) is 1.23. The smallest absolute Gasteiger partial charge is 0.374 e. The molecule has 6 heteroatoms. The highest BCUT2D eigenvalue weighted by Gasteiger charge is 2.38. The number of halogens is 2. The number of morpholine rings is 1. The second-order valence-corrected chi connectivity index (χ2v) is 3.21. The van der Waals surface area contributed by atoms with Crippen molar-refractivity contribution in [3.05, 3.63) is 0 Å². The lowest BCUT2D eigenvalue weighted by Gasteiger charge is -2.27. The monoisotopic (exact) mass is 209 g/mol. The van der Waals surface area contributed by atoms with Gasteiger partial charge in [0.25, 0.3) is 0 Å². The van der Waals surface area contributed by atoms with Crippen LogP contribution in [0.5, 0.6) is 0 Å². The van der Waals surface area contributed by atoms with Crippen molar-refractivity contribution >= 4 is 5.97 Å². The van der Waals surface area contributed by atoms with Gasteiger partial charge in [0.2, 0.25) is 0 Å². The third kappa shape index (κ3) is 3.19. The number of rotatable bonds is 4. The highest BCUT2D eigenvalue weighted by molar-refractivity contribution is 5.75. The van der Waals surface area contributed by atoms with Gasteiger partial charge in [-0.15, -0.1) is 0 Å². The molecule has 0 spiro atoms. The quantitative estimate of drug-likeness (QED) is 0.729. The number of nitrogens with zero attached hydrogens (tertiary/aromatic N) is 1. The third-order valence-electron chi connectivity index (χ3n) is 2.16. The van der Waals surface area contributed by atoms with E-state index < -0.39 is 18.3 Å². The molecule has 1 aliphatic rings. The molecular weight excluding hydrogens is 196 g/mol. The number of carboxylic acids is 1. The Balaban J connectivity index is 2.28. The Morgan fingerprint density at radius 2 is 2.00 bits per heavy atom. The number of hydrogen-bond donors (Lipinski definition) is 1. The van der Waals surface area contributed by atoms with E-state index in [1.54, 1.807) is 4.90 Å². The molecule has 0 bridgehead atoms. The van der Waals surface area contributed by atoms with Gasteiger partial charge in [-0.05, 0) is 0 Å². The summed E-state index contributed by atoms with van der Waals surface area (Å²) >= 11 is 0. The lowest BCUT2D eigenvalue weighted by molar-refractivity contribution is -0.166. The lowest BCUT2D eigenvalue weighted by Crippen LogP contribution is -2.40. The Labute approximate surface area is 80.4 Å². The van der Waals surface area contributed by atoms with Crippen LogP contribution in [0, 0.1) is 0 Å². The number of aliphatic carboxylic acids is 1. The summed E-state index contributed by atoms with van der Waals surface area (Å²) in [5.74, 6) is -5.66. The molecule has 1 saturated heterocycles. The first-order valence-corrected chi connectivity index (χ1v) is 4.44. The number of ether oxygens (including phenoxy) is 1. The molecule has 1 rings (SSSR count). The first-order chi connectivity index (χ1) is 6.52. The topological polar surface area (TPSA) is 49.8 Å². The van der Waals surface area contributed by atoms with E-state index in [-0.39, 0.29) is 6.54 Å². The van der Waals surface area contributed by atoms with Crippen molar-refractivity contribution in [3.8, 4) is 0 Å². The summed E-state index contributed by atoms with van der Waals surface area (Å²) in [6.07, 6.45) is -0.637. The maximum Gasteiger partial charge on any atom is 0.374 e. The summed E-state index contributed by atoms with van der Waals surface area (Å²) in [6.45, 7) is 2.34. The minimum Gasteiger partial charge on any atom is -0.477 e. The molecule has 1 N–H and O–H groups in total. The molecule has 0 aromatic carbocycles. The van der Waals surface area contributed by atoms with Crippen molar-refractivity contribution in [1.82, 2.24) is 4.90 Å². The van der Waals surface area contributed by atoms with E-state index in [2.05, 4.69) is 0 Å². The summed E-state index contributed by atoms with van der Waals surface area (Å²) in [7, 11) is 0. The highest BCUT2D eigenvalue weighted by atomic mass is 19.3. The molecule has 0 unspecified atom stereocenters. The largest absolute Gasteiger partial charge is 0.477 e. The number of carbonyl (C=O) groups is 1. The molecule has 1 fully saturated rings. The first-order valence-electron chi connectivity index (χ1n) is 4.44. The van der Waals surface area contributed by atoms with Gasteiger partial charge in [0.1, 0.15) is 0 Å². The molecule has 14 heavy (non-hydrogen) atoms. The van der Waals surface area contributed by atoms with Crippen LogP contribution in [0.3, 0.4) is 0 Å². The van der Waals surface area contributed by atoms with Crippen LogP contribution in [-0.4, -0.2) is 54.7 Å². The number of carboxylic acid groups (broad SMARTS) is 1. The Bertz CT molecular complexity index is 205. The molecule has 0 radical (unpaired) electrons. The van der Waals surface area contributed by atoms with Gasteiger partial charge in [0, 0.05) is 26.1 Å². The second-order valence-electron chi connectivity index (χ2n) is 3.21. The van der Waals surface area contributed by atoms with Gasteiger partial charge in [-0.25, -0.2) is 4.79 Å². The fourth-order valence-electron chi connectivity index (χ4n) is 1.23. The molecule has 0 amide bonds. The van der Waals surface area contributed by atoms with Gasteiger partial charge in [-0.3, -0.25) is 4.90 Å². The Kier molecular flexibility index (Phi) is 3.77. The predicted molar refractivity (Wildman–Crippen MR) is 44.5 cm³/mol. The summed E-state index contributed by atoms with van der Waals surface area (Å²) in [6, 6.07) is 0. The summed E-state index contributed by atoms with van der Waals surface area (Å²) in [4.78, 5) is 11.9. The zero-order chi connectivity index (χ0) is 10.6. The molecule has 4 nitrogen and oxygen atoms in total. The van der Waals surface area contributed by atoms with Crippen LogP contribution in [0.1, 0.15) is 6.42 Å². The van der Waals surface area contributed by atoms with Gasteiger partial charge >= 0.3 is 11.9 Å². The van der Waals surface area contributed by atoms with Gasteiger partial charge in [-0.2, -0.15) is 8.78 Å². The van der Waals surface area contributed by atoms with Gasteiger partial charge in [0.05, 0.1) is 13.2 Å². The standard InChI is InChI=1S/C8H13F2NO3/c9-8(10,7(12)13)1-2-11-3-5-14-6-4-11/h1-6H2,(H,12,13). The molecule has 82 valence electrons. The summed E-state index contributed by atoms with van der Waals surface area (Å²) in [5.41, 5.74) is 0. The van der Waals surface area contributed by atoms with Crippen molar-refractivity contribution < 1.29 is 23.4 Å². The van der Waals surface area contributed by atoms with Crippen molar-refractivity contribution in [2.24, 2.45) is 0 Å². The van der Waals surface area contributed by atoms with Gasteiger partial charge in [-0.1, -0.05) is 0 Å². The first kappa shape index (κ1) is 11.3. The predicted octanol–water partition coefficient (Wildman–Crippen LogP) is 0.429. The maximum absolute atomic E-state index is 12.6. The Hall–Kier alpha value is -0.750. The maximum atomic E-state index is 12.6. The minimum atomic E-state index is -3.61. The average molecular weight is 209 g/mol. The van der Waals surface area contributed by atoms with Crippen LogP contribution in [0.25, 0.3) is 0 Å². The minimum absolute atomic E-state index is 0.0999. The molecule has 1 aliphatic heterocycles. The normalized spacial score (nSPS) is 19.6. The number of alkyl halides is 2. The van der Waals surface area contributed by atoms with Crippen LogP contribution < -0.4 is 0 Å². The highest BCUT2D eigenvalue weighted by Crippen LogP contribution is 2.19. The second kappa shape index (κ2) is 4.65. The van der Waals surface area contributed by atoms with Crippen LogP contribution in [0.2, 0.25) is 0 Å². The van der Waals surface area contributed by atoms with Crippen LogP contribution in [-0.2, 0) is 9.53 Å². The SMILES string of the molecule is O=C(O)C(F)(F)CCN1CCOCC1. The van der Waals surface area contributed by atoms with Crippen molar-refractivity contribution in [2.45, 2.75) is 12.3 Å². The van der Waals surface area contributed by atoms with Crippen molar-refractivity contribution in [2.75, 3.05) is 32.8 Å². The van der Waals surface area contributed by atoms with E-state index >= 15 is 0 Å². The van der Waals surface area contributed by atoms with Crippen molar-refractivity contribution in [1.29, 1.82) is 0 Å². The number of hydrogen-bond acceptors (Lipinski definition) is 3. The van der Waals surface area contributed by atoms with E-state index in [1.807, 2.05) is 0 Å². The zero-order valence-corrected chi connectivity index (χ0v) is 7.71. The van der Waals surface area contributed by atoms with Crippen LogP contribution in [0.4, 0.5) is 8.78 Å². The molecule has 1 heterocycles. The van der Waals surface area contributed by atoms with Crippen molar-refractivity contribution in [3.63, 3.8) is 0 Å². The molecule has 0 atom stereocenters. The summed E-state index contributed by atoms with van der Waals surface area (Å²) in [5, 5.41) is 8.18. The van der Waals surface area contributed by atoms with Crippen LogP contribution in [0.15, 0.2) is 0 Å². The van der Waals surface area contributed by atoms with Crippen LogP contribution >= 0.6 is 0 Å². The molecule has 0 saturated carbocycles. The van der Waals surface area contributed by atoms with Gasteiger partial charge < -0.3 is 9.84 Å². The molecular formula is C8H13F2NO3. The van der Waals surface area contributed by atoms with E-state index in [9.17, 15) is 13.6 Å². The molecule has 0 aromatic heterocycles. The summed E-state index contributed by atoms with van der Waals surface area (Å²) < 4.78 is 30.3. The average Bonchev–Trinajstić information content (AvgIpc) is 2.16. The zero-order valence-electron chi connectivity index (χ0n) is 7.71. The van der Waals surface area contributed by atoms with Gasteiger partial charge in [0.15, 0.2) is 0 Å². The fraction of sp³-hybridized carbons (Fsp3) is 0.875. The third-order valence-corrected chi connectivity index (χ3v) is 2.16. The lowest BCUT2D eigenvalue weighted by atomic mass is 10.2.